The Kier molecular flexibility index (Phi) is 4.87. The van der Waals surface area contributed by atoms with Crippen LogP contribution < -0.4 is 0 Å². The molecule has 0 saturated carbocycles. The SMILES string of the molecule is O=C(O)c1cc(F)ccc1N=Cc1nc(-c2ccc(C(F)(F)F)cc2)oc1O. The molecule has 3 aromatic rings. The van der Waals surface area contributed by atoms with Gasteiger partial charge in [0.25, 0.3) is 0 Å². The van der Waals surface area contributed by atoms with Gasteiger partial charge in [0, 0.05) is 5.56 Å². The maximum atomic E-state index is 13.2. The molecular weight excluding hydrogens is 384 g/mol. The molecule has 0 aliphatic rings. The van der Waals surface area contributed by atoms with Crippen molar-refractivity contribution >= 4 is 17.9 Å². The topological polar surface area (TPSA) is 95.9 Å². The number of carboxylic acids is 1. The number of alkyl halides is 3. The molecule has 0 bridgehead atoms. The number of carboxylic acid groups (broad SMARTS) is 1. The number of aliphatic imine (C=N–C) groups is 1. The first-order valence-electron chi connectivity index (χ1n) is 7.59. The van der Waals surface area contributed by atoms with E-state index in [1.54, 1.807) is 0 Å². The second-order valence-electron chi connectivity index (χ2n) is 5.51. The summed E-state index contributed by atoms with van der Waals surface area (Å²) in [6.07, 6.45) is -3.50. The van der Waals surface area contributed by atoms with E-state index in [-0.39, 0.29) is 22.8 Å². The average Bonchev–Trinajstić information content (AvgIpc) is 3.00. The number of aromatic nitrogens is 1. The highest BCUT2D eigenvalue weighted by Gasteiger charge is 2.30. The Hall–Kier alpha value is -3.69. The van der Waals surface area contributed by atoms with Crippen LogP contribution in [-0.4, -0.2) is 27.4 Å². The zero-order valence-corrected chi connectivity index (χ0v) is 13.7. The van der Waals surface area contributed by atoms with Gasteiger partial charge in [0.15, 0.2) is 5.69 Å². The van der Waals surface area contributed by atoms with E-state index in [9.17, 15) is 27.5 Å². The van der Waals surface area contributed by atoms with Gasteiger partial charge in [0.05, 0.1) is 23.0 Å². The summed E-state index contributed by atoms with van der Waals surface area (Å²) < 4.78 is 56.0. The first-order chi connectivity index (χ1) is 13.1. The summed E-state index contributed by atoms with van der Waals surface area (Å²) in [5, 5.41) is 18.9. The van der Waals surface area contributed by atoms with Crippen molar-refractivity contribution in [2.75, 3.05) is 0 Å². The predicted octanol–water partition coefficient (Wildman–Crippen LogP) is 4.65. The third kappa shape index (κ3) is 4.00. The summed E-state index contributed by atoms with van der Waals surface area (Å²) in [5.41, 5.74) is -1.35. The molecule has 0 aliphatic heterocycles. The Labute approximate surface area is 154 Å². The molecule has 0 amide bonds. The number of aromatic hydroxyl groups is 1. The Balaban J connectivity index is 1.89. The minimum atomic E-state index is -4.49. The highest BCUT2D eigenvalue weighted by molar-refractivity contribution is 5.95. The number of aromatic carboxylic acids is 1. The summed E-state index contributed by atoms with van der Waals surface area (Å²) in [5.74, 6) is -2.99. The van der Waals surface area contributed by atoms with Crippen LogP contribution in [0.4, 0.5) is 23.2 Å². The molecule has 2 N–H and O–H groups in total. The van der Waals surface area contributed by atoms with Crippen LogP contribution in [-0.2, 0) is 6.18 Å². The van der Waals surface area contributed by atoms with E-state index < -0.39 is 35.0 Å². The number of halogens is 4. The van der Waals surface area contributed by atoms with Crippen LogP contribution in [0.2, 0.25) is 0 Å². The second kappa shape index (κ2) is 7.14. The maximum absolute atomic E-state index is 13.2. The summed E-state index contributed by atoms with van der Waals surface area (Å²) in [7, 11) is 0. The highest BCUT2D eigenvalue weighted by atomic mass is 19.4. The van der Waals surface area contributed by atoms with E-state index in [1.807, 2.05) is 0 Å². The summed E-state index contributed by atoms with van der Waals surface area (Å²) in [6.45, 7) is 0. The van der Waals surface area contributed by atoms with Crippen molar-refractivity contribution < 1.29 is 37.0 Å². The van der Waals surface area contributed by atoms with Crippen LogP contribution >= 0.6 is 0 Å². The van der Waals surface area contributed by atoms with Crippen molar-refractivity contribution in [3.63, 3.8) is 0 Å². The van der Waals surface area contributed by atoms with E-state index in [1.165, 1.54) is 0 Å². The van der Waals surface area contributed by atoms with Gasteiger partial charge in [-0.3, -0.25) is 4.99 Å². The minimum Gasteiger partial charge on any atom is -0.479 e. The van der Waals surface area contributed by atoms with Crippen molar-refractivity contribution in [2.24, 2.45) is 4.99 Å². The van der Waals surface area contributed by atoms with E-state index in [0.29, 0.717) is 0 Å². The lowest BCUT2D eigenvalue weighted by molar-refractivity contribution is -0.137. The van der Waals surface area contributed by atoms with Crippen LogP contribution in [0.5, 0.6) is 5.95 Å². The van der Waals surface area contributed by atoms with Crippen molar-refractivity contribution in [3.8, 4) is 17.4 Å². The number of carbonyl (C=O) groups is 1. The van der Waals surface area contributed by atoms with Gasteiger partial charge in [-0.1, -0.05) is 0 Å². The predicted molar refractivity (Wildman–Crippen MR) is 89.2 cm³/mol. The first-order valence-corrected chi connectivity index (χ1v) is 7.59. The molecule has 1 heterocycles. The maximum Gasteiger partial charge on any atom is 0.416 e. The Morgan fingerprint density at radius 2 is 1.82 bits per heavy atom. The van der Waals surface area contributed by atoms with Gasteiger partial charge in [-0.15, -0.1) is 0 Å². The van der Waals surface area contributed by atoms with Gasteiger partial charge in [-0.2, -0.15) is 13.2 Å². The van der Waals surface area contributed by atoms with Gasteiger partial charge in [0.2, 0.25) is 5.89 Å². The van der Waals surface area contributed by atoms with Crippen molar-refractivity contribution in [1.82, 2.24) is 4.98 Å². The van der Waals surface area contributed by atoms with Crippen LogP contribution in [0.15, 0.2) is 51.9 Å². The van der Waals surface area contributed by atoms with Gasteiger partial charge >= 0.3 is 18.1 Å². The first kappa shape index (κ1) is 19.1. The monoisotopic (exact) mass is 394 g/mol. The third-order valence-electron chi connectivity index (χ3n) is 3.61. The Bertz CT molecular complexity index is 1060. The van der Waals surface area contributed by atoms with Crippen molar-refractivity contribution in [3.05, 3.63) is 65.1 Å². The smallest absolute Gasteiger partial charge is 0.416 e. The number of benzene rings is 2. The fourth-order valence-electron chi connectivity index (χ4n) is 2.26. The molecule has 1 aromatic heterocycles. The molecule has 0 unspecified atom stereocenters. The number of hydrogen-bond acceptors (Lipinski definition) is 5. The Morgan fingerprint density at radius 3 is 2.43 bits per heavy atom. The van der Waals surface area contributed by atoms with Gasteiger partial charge in [-0.05, 0) is 42.5 Å². The molecular formula is C18H10F4N2O4. The third-order valence-corrected chi connectivity index (χ3v) is 3.61. The quantitative estimate of drug-likeness (QED) is 0.496. The number of rotatable bonds is 4. The van der Waals surface area contributed by atoms with Crippen LogP contribution in [0, 0.1) is 5.82 Å². The molecule has 0 aliphatic carbocycles. The van der Waals surface area contributed by atoms with E-state index in [2.05, 4.69) is 9.98 Å². The summed E-state index contributed by atoms with van der Waals surface area (Å²) in [4.78, 5) is 18.9. The largest absolute Gasteiger partial charge is 0.479 e. The zero-order chi connectivity index (χ0) is 20.5. The molecule has 0 saturated heterocycles. The van der Waals surface area contributed by atoms with Crippen LogP contribution in [0.3, 0.4) is 0 Å². The number of hydrogen-bond donors (Lipinski definition) is 2. The normalized spacial score (nSPS) is 11.9. The lowest BCUT2D eigenvalue weighted by Crippen LogP contribution is -2.03. The lowest BCUT2D eigenvalue weighted by Gasteiger charge is -2.05. The summed E-state index contributed by atoms with van der Waals surface area (Å²) >= 11 is 0. The van der Waals surface area contributed by atoms with Crippen molar-refractivity contribution in [2.45, 2.75) is 6.18 Å². The second-order valence-corrected chi connectivity index (χ2v) is 5.51. The van der Waals surface area contributed by atoms with E-state index >= 15 is 0 Å². The minimum absolute atomic E-state index is 0.0904. The molecule has 144 valence electrons. The number of oxazole rings is 1. The molecule has 28 heavy (non-hydrogen) atoms. The molecule has 3 rings (SSSR count). The van der Waals surface area contributed by atoms with E-state index in [0.717, 1.165) is 48.7 Å². The summed E-state index contributed by atoms with van der Waals surface area (Å²) in [6, 6.07) is 6.84. The van der Waals surface area contributed by atoms with E-state index in [4.69, 9.17) is 9.52 Å². The van der Waals surface area contributed by atoms with Gasteiger partial charge < -0.3 is 14.6 Å². The van der Waals surface area contributed by atoms with Crippen molar-refractivity contribution in [1.29, 1.82) is 0 Å². The molecule has 6 nitrogen and oxygen atoms in total. The standard InChI is InChI=1S/C18H10F4N2O4/c19-11-5-6-13(12(7-11)16(25)26)23-8-14-17(27)28-15(24-14)9-1-3-10(4-2-9)18(20,21)22/h1-8,27H,(H,25,26). The zero-order valence-electron chi connectivity index (χ0n) is 13.7. The highest BCUT2D eigenvalue weighted by Crippen LogP contribution is 2.32. The fraction of sp³-hybridized carbons (Fsp3) is 0.0556. The van der Waals surface area contributed by atoms with Gasteiger partial charge in [-0.25, -0.2) is 14.2 Å². The Morgan fingerprint density at radius 1 is 1.14 bits per heavy atom. The molecule has 0 radical (unpaired) electrons. The van der Waals surface area contributed by atoms with Crippen LogP contribution in [0.1, 0.15) is 21.6 Å². The molecule has 0 fully saturated rings. The number of nitrogens with zero attached hydrogens (tertiary/aromatic N) is 2. The van der Waals surface area contributed by atoms with Gasteiger partial charge in [0.1, 0.15) is 5.82 Å². The molecule has 0 spiro atoms. The molecule has 0 atom stereocenters. The van der Waals surface area contributed by atoms with Crippen LogP contribution in [0.25, 0.3) is 11.5 Å². The molecule has 10 heteroatoms. The molecule has 2 aromatic carbocycles. The average molecular weight is 394 g/mol. The fourth-order valence-corrected chi connectivity index (χ4v) is 2.26. The lowest BCUT2D eigenvalue weighted by atomic mass is 10.1.